The summed E-state index contributed by atoms with van der Waals surface area (Å²) in [5.74, 6) is 0. The molecule has 1 aromatic rings. The van der Waals surface area contributed by atoms with Gasteiger partial charge in [0.25, 0.3) is 0 Å². The van der Waals surface area contributed by atoms with E-state index in [1.165, 1.54) is 25.7 Å². The zero-order chi connectivity index (χ0) is 13.9. The van der Waals surface area contributed by atoms with Crippen molar-refractivity contribution >= 4 is 11.8 Å². The molecule has 108 valence electrons. The first kappa shape index (κ1) is 14.9. The van der Waals surface area contributed by atoms with Crippen molar-refractivity contribution in [1.29, 1.82) is 0 Å². The lowest BCUT2D eigenvalue weighted by molar-refractivity contribution is 0.214. The van der Waals surface area contributed by atoms with Crippen LogP contribution in [0.1, 0.15) is 46.5 Å². The highest BCUT2D eigenvalue weighted by Crippen LogP contribution is 2.42. The molecule has 1 aromatic heterocycles. The monoisotopic (exact) mass is 281 g/mol. The molecule has 1 N–H and O–H groups in total. The molecule has 3 nitrogen and oxygen atoms in total. The molecule has 0 bridgehead atoms. The SMILES string of the molecule is CCCNC1CCC(C)(C)CC1Sc1nccn1C. The highest BCUT2D eigenvalue weighted by molar-refractivity contribution is 7.99. The molecule has 2 unspecified atom stereocenters. The maximum absolute atomic E-state index is 4.47. The molecule has 1 aliphatic carbocycles. The predicted molar refractivity (Wildman–Crippen MR) is 82.6 cm³/mol. The van der Waals surface area contributed by atoms with Crippen LogP contribution in [0.2, 0.25) is 0 Å². The molecular weight excluding hydrogens is 254 g/mol. The van der Waals surface area contributed by atoms with Crippen molar-refractivity contribution in [3.05, 3.63) is 12.4 Å². The van der Waals surface area contributed by atoms with E-state index in [1.54, 1.807) is 0 Å². The molecular formula is C15H27N3S. The Morgan fingerprint density at radius 3 is 2.95 bits per heavy atom. The molecule has 1 aliphatic rings. The van der Waals surface area contributed by atoms with Gasteiger partial charge in [0.1, 0.15) is 0 Å². The second-order valence-electron chi connectivity index (χ2n) is 6.44. The minimum atomic E-state index is 0.466. The Morgan fingerprint density at radius 1 is 1.53 bits per heavy atom. The van der Waals surface area contributed by atoms with Crippen molar-refractivity contribution in [2.45, 2.75) is 62.9 Å². The van der Waals surface area contributed by atoms with Gasteiger partial charge in [-0.1, -0.05) is 32.5 Å². The molecule has 0 amide bonds. The number of aromatic nitrogens is 2. The van der Waals surface area contributed by atoms with Crippen molar-refractivity contribution in [3.8, 4) is 0 Å². The summed E-state index contributed by atoms with van der Waals surface area (Å²) in [5.41, 5.74) is 0.466. The summed E-state index contributed by atoms with van der Waals surface area (Å²) in [6, 6.07) is 0.634. The standard InChI is InChI=1S/C15H27N3S/c1-5-8-16-12-6-7-15(2,3)11-13(12)19-14-17-9-10-18(14)4/h9-10,12-13,16H,5-8,11H2,1-4H3. The molecule has 0 aromatic carbocycles. The molecule has 1 saturated carbocycles. The van der Waals surface area contributed by atoms with Crippen LogP contribution in [-0.4, -0.2) is 27.4 Å². The van der Waals surface area contributed by atoms with E-state index in [4.69, 9.17) is 0 Å². The van der Waals surface area contributed by atoms with Crippen molar-refractivity contribution in [3.63, 3.8) is 0 Å². The fourth-order valence-corrected chi connectivity index (χ4v) is 4.36. The molecule has 19 heavy (non-hydrogen) atoms. The highest BCUT2D eigenvalue weighted by Gasteiger charge is 2.35. The van der Waals surface area contributed by atoms with Crippen molar-refractivity contribution in [2.75, 3.05) is 6.54 Å². The second-order valence-corrected chi connectivity index (χ2v) is 7.65. The fraction of sp³-hybridized carbons (Fsp3) is 0.800. The summed E-state index contributed by atoms with van der Waals surface area (Å²) in [7, 11) is 2.08. The lowest BCUT2D eigenvalue weighted by Gasteiger charge is -2.40. The highest BCUT2D eigenvalue weighted by atomic mass is 32.2. The Morgan fingerprint density at radius 2 is 2.32 bits per heavy atom. The average molecular weight is 281 g/mol. The first-order valence-corrected chi connectivity index (χ1v) is 8.27. The molecule has 0 spiro atoms. The van der Waals surface area contributed by atoms with Crippen LogP contribution < -0.4 is 5.32 Å². The molecule has 2 atom stereocenters. The van der Waals surface area contributed by atoms with Crippen LogP contribution in [0.15, 0.2) is 17.6 Å². The van der Waals surface area contributed by atoms with Crippen LogP contribution in [0.4, 0.5) is 0 Å². The van der Waals surface area contributed by atoms with Gasteiger partial charge in [0.2, 0.25) is 0 Å². The Labute approximate surface area is 121 Å². The third-order valence-electron chi connectivity index (χ3n) is 4.02. The third-order valence-corrected chi connectivity index (χ3v) is 5.43. The van der Waals surface area contributed by atoms with E-state index in [-0.39, 0.29) is 0 Å². The van der Waals surface area contributed by atoms with Crippen LogP contribution in [0, 0.1) is 5.41 Å². The molecule has 0 aliphatic heterocycles. The van der Waals surface area contributed by atoms with Gasteiger partial charge in [0.15, 0.2) is 5.16 Å². The number of hydrogen-bond donors (Lipinski definition) is 1. The maximum Gasteiger partial charge on any atom is 0.167 e. The van der Waals surface area contributed by atoms with Gasteiger partial charge in [0.05, 0.1) is 0 Å². The lowest BCUT2D eigenvalue weighted by Crippen LogP contribution is -2.45. The van der Waals surface area contributed by atoms with Crippen molar-refractivity contribution in [1.82, 2.24) is 14.9 Å². The summed E-state index contributed by atoms with van der Waals surface area (Å²) in [5, 5.41) is 5.51. The second kappa shape index (κ2) is 6.31. The van der Waals surface area contributed by atoms with Gasteiger partial charge in [0, 0.05) is 30.7 Å². The largest absolute Gasteiger partial charge is 0.329 e. The Bertz CT molecular complexity index is 400. The molecule has 4 heteroatoms. The number of aryl methyl sites for hydroxylation is 1. The zero-order valence-electron chi connectivity index (χ0n) is 12.6. The topological polar surface area (TPSA) is 29.9 Å². The summed E-state index contributed by atoms with van der Waals surface area (Å²) < 4.78 is 2.13. The first-order valence-electron chi connectivity index (χ1n) is 7.39. The van der Waals surface area contributed by atoms with Gasteiger partial charge in [-0.05, 0) is 37.6 Å². The number of nitrogens with zero attached hydrogens (tertiary/aromatic N) is 2. The normalized spacial score (nSPS) is 26.5. The van der Waals surface area contributed by atoms with E-state index in [0.29, 0.717) is 16.7 Å². The fourth-order valence-electron chi connectivity index (χ4n) is 2.81. The maximum atomic E-state index is 4.47. The number of imidazole rings is 1. The zero-order valence-corrected chi connectivity index (χ0v) is 13.5. The predicted octanol–water partition coefficient (Wildman–Crippen LogP) is 3.46. The average Bonchev–Trinajstić information content (AvgIpc) is 2.73. The minimum Gasteiger partial charge on any atom is -0.329 e. The van der Waals surface area contributed by atoms with Gasteiger partial charge in [-0.3, -0.25) is 0 Å². The van der Waals surface area contributed by atoms with Crippen molar-refractivity contribution in [2.24, 2.45) is 12.5 Å². The minimum absolute atomic E-state index is 0.466. The molecule has 1 heterocycles. The quantitative estimate of drug-likeness (QED) is 0.896. The van der Waals surface area contributed by atoms with Gasteiger partial charge >= 0.3 is 0 Å². The van der Waals surface area contributed by atoms with Gasteiger partial charge in [-0.15, -0.1) is 0 Å². The molecule has 1 fully saturated rings. The number of hydrogen-bond acceptors (Lipinski definition) is 3. The number of thioether (sulfide) groups is 1. The molecule has 2 rings (SSSR count). The smallest absolute Gasteiger partial charge is 0.167 e. The Hall–Kier alpha value is -0.480. The van der Waals surface area contributed by atoms with Gasteiger partial charge in [-0.2, -0.15) is 0 Å². The van der Waals surface area contributed by atoms with E-state index >= 15 is 0 Å². The van der Waals surface area contributed by atoms with E-state index in [1.807, 2.05) is 24.2 Å². The van der Waals surface area contributed by atoms with Crippen LogP contribution >= 0.6 is 11.8 Å². The summed E-state index contributed by atoms with van der Waals surface area (Å²) >= 11 is 1.95. The van der Waals surface area contributed by atoms with Gasteiger partial charge in [-0.25, -0.2) is 4.98 Å². The summed E-state index contributed by atoms with van der Waals surface area (Å²) in [6.45, 7) is 8.16. The van der Waals surface area contributed by atoms with Crippen LogP contribution in [-0.2, 0) is 7.05 Å². The number of nitrogens with one attached hydrogen (secondary N) is 1. The molecule has 0 radical (unpaired) electrons. The lowest BCUT2D eigenvalue weighted by atomic mass is 9.75. The van der Waals surface area contributed by atoms with E-state index in [0.717, 1.165) is 11.7 Å². The number of rotatable bonds is 5. The summed E-state index contributed by atoms with van der Waals surface area (Å²) in [4.78, 5) is 4.47. The van der Waals surface area contributed by atoms with Crippen molar-refractivity contribution < 1.29 is 0 Å². The Kier molecular flexibility index (Phi) is 4.96. The van der Waals surface area contributed by atoms with E-state index in [2.05, 4.69) is 42.7 Å². The van der Waals surface area contributed by atoms with E-state index in [9.17, 15) is 0 Å². The Balaban J connectivity index is 2.04. The van der Waals surface area contributed by atoms with Crippen LogP contribution in [0.3, 0.4) is 0 Å². The van der Waals surface area contributed by atoms with Crippen LogP contribution in [0.5, 0.6) is 0 Å². The third kappa shape index (κ3) is 3.99. The summed E-state index contributed by atoms with van der Waals surface area (Å²) in [6.07, 6.45) is 9.02. The van der Waals surface area contributed by atoms with Gasteiger partial charge < -0.3 is 9.88 Å². The first-order chi connectivity index (χ1) is 9.02. The van der Waals surface area contributed by atoms with Crippen LogP contribution in [0.25, 0.3) is 0 Å². The van der Waals surface area contributed by atoms with E-state index < -0.39 is 0 Å². The molecule has 0 saturated heterocycles.